The topological polar surface area (TPSA) is 59.0 Å². The highest BCUT2D eigenvalue weighted by atomic mass is 19.1. The Bertz CT molecular complexity index is 666. The van der Waals surface area contributed by atoms with Crippen molar-refractivity contribution in [2.75, 3.05) is 5.73 Å². The second-order valence-electron chi connectivity index (χ2n) is 4.73. The highest BCUT2D eigenvalue weighted by Crippen LogP contribution is 2.26. The Balaban J connectivity index is 2.21. The van der Waals surface area contributed by atoms with Crippen molar-refractivity contribution in [1.82, 2.24) is 0 Å². The predicted octanol–water partition coefficient (Wildman–Crippen LogP) is 3.48. The van der Waals surface area contributed by atoms with E-state index in [0.717, 1.165) is 16.9 Å². The third-order valence-electron chi connectivity index (χ3n) is 2.95. The summed E-state index contributed by atoms with van der Waals surface area (Å²) < 4.78 is 19.1. The molecule has 0 bridgehead atoms. The average molecular weight is 270 g/mol. The van der Waals surface area contributed by atoms with Crippen LogP contribution in [-0.2, 0) is 6.61 Å². The number of hydrogen-bond acceptors (Lipinski definition) is 3. The number of halogens is 1. The van der Waals surface area contributed by atoms with Crippen LogP contribution in [0.4, 0.5) is 10.1 Å². The summed E-state index contributed by atoms with van der Waals surface area (Å²) in [6.07, 6.45) is 0. The summed E-state index contributed by atoms with van der Waals surface area (Å²) in [5, 5.41) is 8.82. The number of benzene rings is 2. The molecule has 0 aliphatic rings. The van der Waals surface area contributed by atoms with Crippen LogP contribution in [0.1, 0.15) is 22.3 Å². The van der Waals surface area contributed by atoms with Gasteiger partial charge in [0.25, 0.3) is 0 Å². The molecule has 0 saturated heterocycles. The van der Waals surface area contributed by atoms with E-state index in [9.17, 15) is 4.39 Å². The smallest absolute Gasteiger partial charge is 0.125 e. The molecule has 20 heavy (non-hydrogen) atoms. The van der Waals surface area contributed by atoms with Crippen LogP contribution in [0.25, 0.3) is 0 Å². The number of nitrogens with zero attached hydrogens (tertiary/aromatic N) is 1. The van der Waals surface area contributed by atoms with E-state index in [-0.39, 0.29) is 12.2 Å². The van der Waals surface area contributed by atoms with E-state index < -0.39 is 5.82 Å². The molecule has 0 fully saturated rings. The maximum atomic E-state index is 13.3. The molecule has 0 unspecified atom stereocenters. The number of nitriles is 1. The summed E-state index contributed by atoms with van der Waals surface area (Å²) in [6.45, 7) is 4.02. The molecule has 0 aromatic heterocycles. The Labute approximate surface area is 117 Å². The number of hydrogen-bond donors (Lipinski definition) is 1. The normalized spacial score (nSPS) is 10.1. The van der Waals surface area contributed by atoms with Gasteiger partial charge in [-0.15, -0.1) is 0 Å². The van der Waals surface area contributed by atoms with E-state index in [1.807, 2.05) is 32.0 Å². The first-order chi connectivity index (χ1) is 9.49. The van der Waals surface area contributed by atoms with Gasteiger partial charge in [-0.05, 0) is 60.9 Å². The highest BCUT2D eigenvalue weighted by Gasteiger charge is 2.07. The molecule has 0 aliphatic carbocycles. The van der Waals surface area contributed by atoms with Gasteiger partial charge in [0.15, 0.2) is 0 Å². The molecule has 3 nitrogen and oxygen atoms in total. The lowest BCUT2D eigenvalue weighted by atomic mass is 10.1. The second kappa shape index (κ2) is 5.62. The molecule has 4 heteroatoms. The number of aryl methyl sites for hydroxylation is 2. The first-order valence-electron chi connectivity index (χ1n) is 6.18. The Morgan fingerprint density at radius 1 is 1.15 bits per heavy atom. The van der Waals surface area contributed by atoms with Gasteiger partial charge >= 0.3 is 0 Å². The second-order valence-corrected chi connectivity index (χ2v) is 4.73. The van der Waals surface area contributed by atoms with Gasteiger partial charge in [0.1, 0.15) is 18.2 Å². The first kappa shape index (κ1) is 13.9. The lowest BCUT2D eigenvalue weighted by Gasteiger charge is -2.13. The molecule has 102 valence electrons. The quantitative estimate of drug-likeness (QED) is 0.869. The highest BCUT2D eigenvalue weighted by molar-refractivity contribution is 5.52. The third-order valence-corrected chi connectivity index (χ3v) is 2.95. The summed E-state index contributed by atoms with van der Waals surface area (Å²) in [5.74, 6) is 0.301. The average Bonchev–Trinajstić information content (AvgIpc) is 2.36. The van der Waals surface area contributed by atoms with Gasteiger partial charge in [0.2, 0.25) is 0 Å². The van der Waals surface area contributed by atoms with E-state index in [4.69, 9.17) is 15.7 Å². The van der Waals surface area contributed by atoms with Gasteiger partial charge in [0, 0.05) is 5.69 Å². The SMILES string of the molecule is Cc1cc(N)cc(C)c1OCc1cc(F)cc(C#N)c1. The van der Waals surface area contributed by atoms with Crippen molar-refractivity contribution < 1.29 is 9.13 Å². The van der Waals surface area contributed by atoms with Crippen molar-refractivity contribution in [3.05, 3.63) is 58.4 Å². The molecule has 0 aliphatic heterocycles. The Kier molecular flexibility index (Phi) is 3.90. The number of anilines is 1. The molecule has 0 atom stereocenters. The standard InChI is InChI=1S/C16H15FN2O/c1-10-3-15(19)4-11(2)16(10)20-9-13-5-12(8-18)6-14(17)7-13/h3-7H,9,19H2,1-2H3. The van der Waals surface area contributed by atoms with Crippen molar-refractivity contribution >= 4 is 5.69 Å². The lowest BCUT2D eigenvalue weighted by Crippen LogP contribution is -2.01. The molecule has 2 rings (SSSR count). The van der Waals surface area contributed by atoms with Gasteiger partial charge in [0.05, 0.1) is 11.6 Å². The fourth-order valence-electron chi connectivity index (χ4n) is 2.17. The van der Waals surface area contributed by atoms with E-state index in [1.54, 1.807) is 6.07 Å². The van der Waals surface area contributed by atoms with Crippen molar-refractivity contribution in [2.24, 2.45) is 0 Å². The minimum atomic E-state index is -0.437. The zero-order valence-corrected chi connectivity index (χ0v) is 11.4. The molecule has 0 saturated carbocycles. The first-order valence-corrected chi connectivity index (χ1v) is 6.18. The summed E-state index contributed by atoms with van der Waals surface area (Å²) in [4.78, 5) is 0. The fourth-order valence-corrected chi connectivity index (χ4v) is 2.17. The number of ether oxygens (including phenoxy) is 1. The van der Waals surface area contributed by atoms with Gasteiger partial charge < -0.3 is 10.5 Å². The maximum Gasteiger partial charge on any atom is 0.125 e. The van der Waals surface area contributed by atoms with Crippen LogP contribution in [0, 0.1) is 31.0 Å². The summed E-state index contributed by atoms with van der Waals surface area (Å²) in [6, 6.07) is 9.76. The lowest BCUT2D eigenvalue weighted by molar-refractivity contribution is 0.301. The summed E-state index contributed by atoms with van der Waals surface area (Å²) in [7, 11) is 0. The minimum Gasteiger partial charge on any atom is -0.488 e. The van der Waals surface area contributed by atoms with Crippen LogP contribution in [0.2, 0.25) is 0 Å². The largest absolute Gasteiger partial charge is 0.488 e. The fraction of sp³-hybridized carbons (Fsp3) is 0.188. The van der Waals surface area contributed by atoms with Crippen LogP contribution in [-0.4, -0.2) is 0 Å². The predicted molar refractivity (Wildman–Crippen MR) is 75.8 cm³/mol. The molecular weight excluding hydrogens is 255 g/mol. The van der Waals surface area contributed by atoms with Crippen molar-refractivity contribution in [3.63, 3.8) is 0 Å². The van der Waals surface area contributed by atoms with Crippen molar-refractivity contribution in [3.8, 4) is 11.8 Å². The van der Waals surface area contributed by atoms with Gasteiger partial charge in [-0.1, -0.05) is 0 Å². The van der Waals surface area contributed by atoms with Crippen LogP contribution >= 0.6 is 0 Å². The van der Waals surface area contributed by atoms with Crippen LogP contribution < -0.4 is 10.5 Å². The Hall–Kier alpha value is -2.54. The maximum absolute atomic E-state index is 13.3. The van der Waals surface area contributed by atoms with Crippen molar-refractivity contribution in [2.45, 2.75) is 20.5 Å². The molecule has 0 amide bonds. The molecule has 2 N–H and O–H groups in total. The zero-order valence-electron chi connectivity index (χ0n) is 11.4. The van der Waals surface area contributed by atoms with E-state index in [2.05, 4.69) is 0 Å². The van der Waals surface area contributed by atoms with Crippen molar-refractivity contribution in [1.29, 1.82) is 5.26 Å². The van der Waals surface area contributed by atoms with Gasteiger partial charge in [-0.25, -0.2) is 4.39 Å². The molecular formula is C16H15FN2O. The molecule has 0 radical (unpaired) electrons. The Morgan fingerprint density at radius 2 is 1.80 bits per heavy atom. The molecule has 2 aromatic rings. The van der Waals surface area contributed by atoms with E-state index in [1.165, 1.54) is 12.1 Å². The minimum absolute atomic E-state index is 0.206. The van der Waals surface area contributed by atoms with E-state index in [0.29, 0.717) is 11.3 Å². The van der Waals surface area contributed by atoms with Crippen LogP contribution in [0.5, 0.6) is 5.75 Å². The van der Waals surface area contributed by atoms with Gasteiger partial charge in [-0.3, -0.25) is 0 Å². The van der Waals surface area contributed by atoms with Gasteiger partial charge in [-0.2, -0.15) is 5.26 Å². The Morgan fingerprint density at radius 3 is 2.40 bits per heavy atom. The molecule has 2 aromatic carbocycles. The summed E-state index contributed by atoms with van der Waals surface area (Å²) in [5.41, 5.74) is 9.21. The van der Waals surface area contributed by atoms with Crippen LogP contribution in [0.3, 0.4) is 0 Å². The third kappa shape index (κ3) is 3.07. The monoisotopic (exact) mass is 270 g/mol. The summed E-state index contributed by atoms with van der Waals surface area (Å²) >= 11 is 0. The number of nitrogen functional groups attached to an aromatic ring is 1. The molecule has 0 heterocycles. The zero-order chi connectivity index (χ0) is 14.7. The molecule has 0 spiro atoms. The number of nitrogens with two attached hydrogens (primary N) is 1. The number of rotatable bonds is 3. The van der Waals surface area contributed by atoms with Crippen LogP contribution in [0.15, 0.2) is 30.3 Å². The van der Waals surface area contributed by atoms with E-state index >= 15 is 0 Å².